The van der Waals surface area contributed by atoms with Crippen LogP contribution in [0.15, 0.2) is 0 Å². The Kier molecular flexibility index (Phi) is 13.6. The molecule has 0 saturated heterocycles. The highest BCUT2D eigenvalue weighted by molar-refractivity contribution is 6.18. The second-order valence-corrected chi connectivity index (χ2v) is 5.38. The minimum atomic E-state index is 0.784. The van der Waals surface area contributed by atoms with E-state index in [1.165, 1.54) is 70.6 Å². The molecule has 0 nitrogen and oxygen atoms in total. The first-order chi connectivity index (χ1) is 7.85. The number of hydrogen-bond acceptors (Lipinski definition) is 0. The standard InChI is InChI=1S/C15H31Cl/c1-3-5-6-7-8-9-10-11-13-15(14-16)12-4-2/h15H,3-14H2,1-2H3. The van der Waals surface area contributed by atoms with E-state index in [4.69, 9.17) is 11.6 Å². The van der Waals surface area contributed by atoms with Crippen LogP contribution in [0.3, 0.4) is 0 Å². The van der Waals surface area contributed by atoms with Crippen LogP contribution in [0.5, 0.6) is 0 Å². The molecule has 0 spiro atoms. The molecule has 0 amide bonds. The molecular formula is C15H31Cl. The molecule has 1 heteroatoms. The lowest BCUT2D eigenvalue weighted by Gasteiger charge is -2.11. The van der Waals surface area contributed by atoms with Gasteiger partial charge in [-0.2, -0.15) is 0 Å². The molecule has 0 N–H and O–H groups in total. The average Bonchev–Trinajstić information content (AvgIpc) is 2.31. The lowest BCUT2D eigenvalue weighted by atomic mass is 9.97. The fourth-order valence-electron chi connectivity index (χ4n) is 2.27. The zero-order valence-corrected chi connectivity index (χ0v) is 12.2. The lowest BCUT2D eigenvalue weighted by molar-refractivity contribution is 0.454. The van der Waals surface area contributed by atoms with Gasteiger partial charge in [0.1, 0.15) is 0 Å². The van der Waals surface area contributed by atoms with Crippen LogP contribution in [0, 0.1) is 5.92 Å². The summed E-state index contributed by atoms with van der Waals surface area (Å²) in [6.45, 7) is 4.54. The SMILES string of the molecule is CCCCCCCCCCC(CCl)CCC. The largest absolute Gasteiger partial charge is 0.126 e. The van der Waals surface area contributed by atoms with E-state index in [1.54, 1.807) is 0 Å². The van der Waals surface area contributed by atoms with Crippen molar-refractivity contribution in [3.8, 4) is 0 Å². The molecule has 0 aliphatic rings. The first kappa shape index (κ1) is 16.3. The molecule has 0 bridgehead atoms. The van der Waals surface area contributed by atoms with E-state index in [9.17, 15) is 0 Å². The first-order valence-corrected chi connectivity index (χ1v) is 7.94. The Morgan fingerprint density at radius 1 is 0.688 bits per heavy atom. The Bertz CT molecular complexity index is 123. The highest BCUT2D eigenvalue weighted by atomic mass is 35.5. The topological polar surface area (TPSA) is 0 Å². The highest BCUT2D eigenvalue weighted by Crippen LogP contribution is 2.18. The molecule has 0 fully saturated rings. The molecule has 0 heterocycles. The highest BCUT2D eigenvalue weighted by Gasteiger charge is 2.05. The van der Waals surface area contributed by atoms with Gasteiger partial charge in [-0.3, -0.25) is 0 Å². The van der Waals surface area contributed by atoms with Crippen molar-refractivity contribution in [1.82, 2.24) is 0 Å². The predicted octanol–water partition coefficient (Wildman–Crippen LogP) is 6.17. The summed E-state index contributed by atoms with van der Waals surface area (Å²) in [4.78, 5) is 0. The molecule has 0 aromatic carbocycles. The van der Waals surface area contributed by atoms with Crippen LogP contribution in [0.25, 0.3) is 0 Å². The van der Waals surface area contributed by atoms with E-state index in [0.29, 0.717) is 0 Å². The Morgan fingerprint density at radius 2 is 1.25 bits per heavy atom. The molecule has 0 rings (SSSR count). The monoisotopic (exact) mass is 246 g/mol. The molecular weight excluding hydrogens is 216 g/mol. The first-order valence-electron chi connectivity index (χ1n) is 7.41. The Labute approximate surface area is 108 Å². The summed E-state index contributed by atoms with van der Waals surface area (Å²) in [5.74, 6) is 1.65. The maximum Gasteiger partial charge on any atom is 0.0251 e. The van der Waals surface area contributed by atoms with Gasteiger partial charge in [-0.15, -0.1) is 11.6 Å². The minimum Gasteiger partial charge on any atom is -0.126 e. The maximum absolute atomic E-state index is 5.94. The van der Waals surface area contributed by atoms with E-state index in [2.05, 4.69) is 13.8 Å². The van der Waals surface area contributed by atoms with Gasteiger partial charge in [-0.1, -0.05) is 71.6 Å². The van der Waals surface area contributed by atoms with Crippen LogP contribution < -0.4 is 0 Å². The number of hydrogen-bond donors (Lipinski definition) is 0. The van der Waals surface area contributed by atoms with Crippen LogP contribution in [-0.4, -0.2) is 5.88 Å². The van der Waals surface area contributed by atoms with E-state index in [-0.39, 0.29) is 0 Å². The molecule has 0 radical (unpaired) electrons. The normalized spacial score (nSPS) is 12.9. The number of alkyl halides is 1. The van der Waals surface area contributed by atoms with Gasteiger partial charge in [0.2, 0.25) is 0 Å². The number of rotatable bonds is 12. The van der Waals surface area contributed by atoms with Crippen molar-refractivity contribution >= 4 is 11.6 Å². The third-order valence-electron chi connectivity index (χ3n) is 3.38. The predicted molar refractivity (Wildman–Crippen MR) is 76.3 cm³/mol. The fourth-order valence-corrected chi connectivity index (χ4v) is 2.58. The van der Waals surface area contributed by atoms with Gasteiger partial charge >= 0.3 is 0 Å². The van der Waals surface area contributed by atoms with Crippen LogP contribution in [-0.2, 0) is 0 Å². The smallest absolute Gasteiger partial charge is 0.0251 e. The number of unbranched alkanes of at least 4 members (excludes halogenated alkanes) is 7. The summed E-state index contributed by atoms with van der Waals surface area (Å²) >= 11 is 5.94. The summed E-state index contributed by atoms with van der Waals surface area (Å²) in [6, 6.07) is 0. The molecule has 1 unspecified atom stereocenters. The average molecular weight is 247 g/mol. The van der Waals surface area contributed by atoms with E-state index in [0.717, 1.165) is 11.8 Å². The Hall–Kier alpha value is 0.290. The van der Waals surface area contributed by atoms with Gasteiger partial charge in [0.25, 0.3) is 0 Å². The van der Waals surface area contributed by atoms with Gasteiger partial charge in [-0.05, 0) is 18.8 Å². The van der Waals surface area contributed by atoms with Crippen molar-refractivity contribution in [3.05, 3.63) is 0 Å². The summed E-state index contributed by atoms with van der Waals surface area (Å²) < 4.78 is 0. The van der Waals surface area contributed by atoms with Gasteiger partial charge in [0.05, 0.1) is 0 Å². The molecule has 98 valence electrons. The fraction of sp³-hybridized carbons (Fsp3) is 1.00. The van der Waals surface area contributed by atoms with Crippen LogP contribution in [0.4, 0.5) is 0 Å². The molecule has 0 aliphatic heterocycles. The second-order valence-electron chi connectivity index (χ2n) is 5.07. The van der Waals surface area contributed by atoms with Crippen LogP contribution >= 0.6 is 11.6 Å². The lowest BCUT2D eigenvalue weighted by Crippen LogP contribution is -2.01. The zero-order chi connectivity index (χ0) is 12.1. The third-order valence-corrected chi connectivity index (χ3v) is 3.82. The number of halogens is 1. The van der Waals surface area contributed by atoms with Crippen molar-refractivity contribution in [1.29, 1.82) is 0 Å². The molecule has 0 aliphatic carbocycles. The van der Waals surface area contributed by atoms with Crippen LogP contribution in [0.1, 0.15) is 84.5 Å². The minimum absolute atomic E-state index is 0.784. The van der Waals surface area contributed by atoms with Crippen molar-refractivity contribution in [2.45, 2.75) is 84.5 Å². The molecule has 0 aromatic heterocycles. The third kappa shape index (κ3) is 10.8. The molecule has 1 atom stereocenters. The van der Waals surface area contributed by atoms with Crippen molar-refractivity contribution in [3.63, 3.8) is 0 Å². The molecule has 0 aromatic rings. The van der Waals surface area contributed by atoms with Crippen molar-refractivity contribution < 1.29 is 0 Å². The maximum atomic E-state index is 5.94. The summed E-state index contributed by atoms with van der Waals surface area (Å²) in [5, 5.41) is 0. The van der Waals surface area contributed by atoms with Gasteiger partial charge in [0, 0.05) is 5.88 Å². The van der Waals surface area contributed by atoms with E-state index in [1.807, 2.05) is 0 Å². The summed E-state index contributed by atoms with van der Waals surface area (Å²) in [5.41, 5.74) is 0. The van der Waals surface area contributed by atoms with Gasteiger partial charge in [0.15, 0.2) is 0 Å². The van der Waals surface area contributed by atoms with Crippen LogP contribution in [0.2, 0.25) is 0 Å². The Balaban J connectivity index is 3.12. The molecule has 0 saturated carbocycles. The second kappa shape index (κ2) is 13.4. The van der Waals surface area contributed by atoms with Gasteiger partial charge in [-0.25, -0.2) is 0 Å². The zero-order valence-electron chi connectivity index (χ0n) is 11.4. The van der Waals surface area contributed by atoms with E-state index >= 15 is 0 Å². The van der Waals surface area contributed by atoms with E-state index < -0.39 is 0 Å². The summed E-state index contributed by atoms with van der Waals surface area (Å²) in [6.07, 6.45) is 15.3. The van der Waals surface area contributed by atoms with Gasteiger partial charge < -0.3 is 0 Å². The Morgan fingerprint density at radius 3 is 1.75 bits per heavy atom. The van der Waals surface area contributed by atoms with Crippen molar-refractivity contribution in [2.75, 3.05) is 5.88 Å². The van der Waals surface area contributed by atoms with Crippen molar-refractivity contribution in [2.24, 2.45) is 5.92 Å². The quantitative estimate of drug-likeness (QED) is 0.285. The summed E-state index contributed by atoms with van der Waals surface area (Å²) in [7, 11) is 0. The molecule has 16 heavy (non-hydrogen) atoms.